The van der Waals surface area contributed by atoms with E-state index in [0.717, 1.165) is 12.1 Å². The lowest BCUT2D eigenvalue weighted by Gasteiger charge is -2.15. The highest BCUT2D eigenvalue weighted by Crippen LogP contribution is 2.40. The molecule has 1 aromatic heterocycles. The molecule has 0 fully saturated rings. The van der Waals surface area contributed by atoms with Crippen molar-refractivity contribution in [3.63, 3.8) is 0 Å². The van der Waals surface area contributed by atoms with Gasteiger partial charge in [0.05, 0.1) is 11.1 Å². The average Bonchev–Trinajstić information content (AvgIpc) is 2.70. The second-order valence-corrected chi connectivity index (χ2v) is 7.71. The zero-order chi connectivity index (χ0) is 24.7. The smallest absolute Gasteiger partial charge is 0.416 e. The van der Waals surface area contributed by atoms with Crippen LogP contribution in [0, 0.1) is 0 Å². The van der Waals surface area contributed by atoms with Gasteiger partial charge in [-0.1, -0.05) is 17.4 Å². The van der Waals surface area contributed by atoms with Crippen molar-refractivity contribution in [3.8, 4) is 16.9 Å². The van der Waals surface area contributed by atoms with Crippen LogP contribution >= 0.6 is 11.3 Å². The highest BCUT2D eigenvalue weighted by atomic mass is 32.1. The van der Waals surface area contributed by atoms with Gasteiger partial charge in [-0.05, 0) is 41.5 Å². The highest BCUT2D eigenvalue weighted by molar-refractivity contribution is 7.16. The van der Waals surface area contributed by atoms with Crippen LogP contribution in [0.15, 0.2) is 41.2 Å². The molecule has 33 heavy (non-hydrogen) atoms. The van der Waals surface area contributed by atoms with E-state index in [1.165, 1.54) is 6.07 Å². The summed E-state index contributed by atoms with van der Waals surface area (Å²) in [5, 5.41) is 20.8. The number of carboxylic acids is 1. The molecule has 174 valence electrons. The summed E-state index contributed by atoms with van der Waals surface area (Å²) in [5.74, 6) is -3.52. The summed E-state index contributed by atoms with van der Waals surface area (Å²) in [4.78, 5) is 34.9. The molecular formula is C20H11F6NO5S. The van der Waals surface area contributed by atoms with E-state index in [-0.39, 0.29) is 21.7 Å². The number of nitrogens with one attached hydrogen (secondary N) is 1. The van der Waals surface area contributed by atoms with Crippen LogP contribution in [0.5, 0.6) is 5.75 Å². The van der Waals surface area contributed by atoms with Crippen LogP contribution in [-0.4, -0.2) is 28.6 Å². The van der Waals surface area contributed by atoms with Crippen LogP contribution in [-0.2, 0) is 17.1 Å². The molecule has 13 heteroatoms. The standard InChI is InChI=1S/C20H11F6NO5S/c21-19(22,23)10-3-9(4-11(6-10)20(24,25)26)8-1-2-13-12(5-8)16(30)15(18(32)33-13)17(31)27-7-14(28)29/h1-6,30H,7H2,(H,27,31)(H,28,29). The Morgan fingerprint density at radius 1 is 0.909 bits per heavy atom. The molecule has 0 saturated heterocycles. The maximum absolute atomic E-state index is 13.2. The maximum atomic E-state index is 13.2. The molecule has 0 aliphatic carbocycles. The lowest BCUT2D eigenvalue weighted by molar-refractivity contribution is -0.143. The number of carboxylic acid groups (broad SMARTS) is 1. The number of carbonyl (C=O) groups excluding carboxylic acids is 1. The minimum atomic E-state index is -5.07. The molecule has 1 amide bonds. The van der Waals surface area contributed by atoms with E-state index < -0.39 is 63.5 Å². The minimum Gasteiger partial charge on any atom is -0.506 e. The van der Waals surface area contributed by atoms with Gasteiger partial charge in [-0.25, -0.2) is 0 Å². The van der Waals surface area contributed by atoms with Crippen molar-refractivity contribution in [1.82, 2.24) is 5.32 Å². The van der Waals surface area contributed by atoms with E-state index in [4.69, 9.17) is 5.11 Å². The van der Waals surface area contributed by atoms with Gasteiger partial charge in [-0.15, -0.1) is 0 Å². The van der Waals surface area contributed by atoms with Crippen molar-refractivity contribution in [1.29, 1.82) is 0 Å². The number of aliphatic carboxylic acids is 1. The molecule has 0 unspecified atom stereocenters. The summed E-state index contributed by atoms with van der Waals surface area (Å²) in [5.41, 5.74) is -4.50. The predicted molar refractivity (Wildman–Crippen MR) is 105 cm³/mol. The monoisotopic (exact) mass is 491 g/mol. The van der Waals surface area contributed by atoms with Gasteiger partial charge in [-0.3, -0.25) is 14.4 Å². The van der Waals surface area contributed by atoms with Crippen LogP contribution < -0.4 is 10.1 Å². The van der Waals surface area contributed by atoms with E-state index in [1.807, 2.05) is 5.32 Å². The SMILES string of the molecule is O=C(O)CNC(=O)c1c(O)c2cc(-c3cc(C(F)(F)F)cc(C(F)(F)F)c3)ccc2sc1=O. The first-order chi connectivity index (χ1) is 15.2. The van der Waals surface area contributed by atoms with E-state index in [0.29, 0.717) is 23.5 Å². The number of benzene rings is 2. The molecule has 0 atom stereocenters. The summed E-state index contributed by atoms with van der Waals surface area (Å²) < 4.78 is 78.1. The fourth-order valence-electron chi connectivity index (χ4n) is 2.93. The Morgan fingerprint density at radius 2 is 1.48 bits per heavy atom. The van der Waals surface area contributed by atoms with Crippen LogP contribution in [0.1, 0.15) is 21.5 Å². The van der Waals surface area contributed by atoms with Gasteiger partial charge in [0.25, 0.3) is 5.91 Å². The number of hydrogen-bond acceptors (Lipinski definition) is 5. The molecule has 0 radical (unpaired) electrons. The van der Waals surface area contributed by atoms with Crippen molar-refractivity contribution < 1.29 is 46.1 Å². The van der Waals surface area contributed by atoms with Gasteiger partial charge < -0.3 is 15.5 Å². The van der Waals surface area contributed by atoms with Crippen molar-refractivity contribution in [2.45, 2.75) is 12.4 Å². The number of halogens is 6. The number of carbonyl (C=O) groups is 2. The van der Waals surface area contributed by atoms with Gasteiger partial charge in [0.1, 0.15) is 17.9 Å². The first-order valence-electron chi connectivity index (χ1n) is 8.78. The topological polar surface area (TPSA) is 104 Å². The highest BCUT2D eigenvalue weighted by Gasteiger charge is 2.37. The first-order valence-corrected chi connectivity index (χ1v) is 9.60. The van der Waals surface area contributed by atoms with Gasteiger partial charge >= 0.3 is 18.3 Å². The molecule has 3 N–H and O–H groups in total. The molecule has 0 saturated carbocycles. The molecule has 3 rings (SSSR count). The molecule has 0 aliphatic rings. The van der Waals surface area contributed by atoms with Gasteiger partial charge in [0, 0.05) is 10.1 Å². The average molecular weight is 491 g/mol. The Kier molecular flexibility index (Phi) is 6.11. The second-order valence-electron chi connectivity index (χ2n) is 6.70. The van der Waals surface area contributed by atoms with E-state index in [1.54, 1.807) is 0 Å². The molecule has 0 aliphatic heterocycles. The Morgan fingerprint density at radius 3 is 2.00 bits per heavy atom. The van der Waals surface area contributed by atoms with Crippen LogP contribution in [0.2, 0.25) is 0 Å². The van der Waals surface area contributed by atoms with Crippen molar-refractivity contribution in [3.05, 3.63) is 62.6 Å². The minimum absolute atomic E-state index is 0.0291. The van der Waals surface area contributed by atoms with Crippen molar-refractivity contribution >= 4 is 33.3 Å². The summed E-state index contributed by atoms with van der Waals surface area (Å²) in [6.45, 7) is -0.856. The number of alkyl halides is 6. The molecule has 6 nitrogen and oxygen atoms in total. The molecule has 0 spiro atoms. The maximum Gasteiger partial charge on any atom is 0.416 e. The third-order valence-electron chi connectivity index (χ3n) is 4.43. The van der Waals surface area contributed by atoms with Crippen LogP contribution in [0.4, 0.5) is 26.3 Å². The third kappa shape index (κ3) is 5.08. The Bertz CT molecular complexity index is 1300. The first kappa shape index (κ1) is 24.0. The summed E-state index contributed by atoms with van der Waals surface area (Å²) in [6, 6.07) is 4.36. The lowest BCUT2D eigenvalue weighted by Crippen LogP contribution is -2.32. The van der Waals surface area contributed by atoms with Gasteiger partial charge in [0.2, 0.25) is 4.74 Å². The molecule has 3 aromatic rings. The fourth-order valence-corrected chi connectivity index (χ4v) is 3.82. The number of hydrogen-bond donors (Lipinski definition) is 3. The fraction of sp³-hybridized carbons (Fsp3) is 0.150. The van der Waals surface area contributed by atoms with Crippen LogP contribution in [0.25, 0.3) is 21.2 Å². The third-order valence-corrected chi connectivity index (χ3v) is 5.39. The second kappa shape index (κ2) is 8.39. The summed E-state index contributed by atoms with van der Waals surface area (Å²) in [7, 11) is 0. The largest absolute Gasteiger partial charge is 0.506 e. The van der Waals surface area contributed by atoms with Crippen LogP contribution in [0.3, 0.4) is 0 Å². The molecule has 1 heterocycles. The number of aromatic hydroxyl groups is 1. The molecule has 2 aromatic carbocycles. The summed E-state index contributed by atoms with van der Waals surface area (Å²) in [6.07, 6.45) is -10.1. The predicted octanol–water partition coefficient (Wildman–Crippen LogP) is 4.49. The molecular weight excluding hydrogens is 480 g/mol. The Balaban J connectivity index is 2.20. The van der Waals surface area contributed by atoms with E-state index >= 15 is 0 Å². The van der Waals surface area contributed by atoms with Gasteiger partial charge in [-0.2, -0.15) is 26.3 Å². The van der Waals surface area contributed by atoms with Crippen molar-refractivity contribution in [2.24, 2.45) is 0 Å². The number of amides is 1. The lowest BCUT2D eigenvalue weighted by atomic mass is 9.98. The van der Waals surface area contributed by atoms with Gasteiger partial charge in [0.15, 0.2) is 0 Å². The zero-order valence-corrected chi connectivity index (χ0v) is 16.8. The quantitative estimate of drug-likeness (QED) is 0.467. The number of rotatable bonds is 4. The Hall–Kier alpha value is -3.61. The zero-order valence-electron chi connectivity index (χ0n) is 16.0. The van der Waals surface area contributed by atoms with E-state index in [9.17, 15) is 45.8 Å². The normalized spacial score (nSPS) is 12.1. The number of fused-ring (bicyclic) bond motifs is 1. The van der Waals surface area contributed by atoms with Crippen molar-refractivity contribution in [2.75, 3.05) is 6.54 Å². The Labute approximate surface area is 183 Å². The van der Waals surface area contributed by atoms with E-state index in [2.05, 4.69) is 0 Å². The summed E-state index contributed by atoms with van der Waals surface area (Å²) >= 11 is 0.480. The molecule has 0 bridgehead atoms.